The van der Waals surface area contributed by atoms with Gasteiger partial charge in [-0.25, -0.2) is 13.2 Å². The van der Waals surface area contributed by atoms with Crippen LogP contribution in [0.3, 0.4) is 0 Å². The van der Waals surface area contributed by atoms with Gasteiger partial charge in [0, 0.05) is 6.26 Å². The summed E-state index contributed by atoms with van der Waals surface area (Å²) in [5.41, 5.74) is 1.27. The van der Waals surface area contributed by atoms with E-state index < -0.39 is 21.4 Å². The van der Waals surface area contributed by atoms with Gasteiger partial charge in [0.15, 0.2) is 9.84 Å². The van der Waals surface area contributed by atoms with Gasteiger partial charge in [-0.1, -0.05) is 30.3 Å². The maximum Gasteiger partial charge on any atom is 0.375 e. The summed E-state index contributed by atoms with van der Waals surface area (Å²) in [5.74, 6) is 0.152. The maximum absolute atomic E-state index is 12.4. The summed E-state index contributed by atoms with van der Waals surface area (Å²) in [7, 11) is -3.30. The summed E-state index contributed by atoms with van der Waals surface area (Å²) < 4.78 is 34.7. The highest BCUT2D eigenvalue weighted by molar-refractivity contribution is 7.90. The lowest BCUT2D eigenvalue weighted by Crippen LogP contribution is -2.22. The van der Waals surface area contributed by atoms with Crippen molar-refractivity contribution in [1.82, 2.24) is 0 Å². The van der Waals surface area contributed by atoms with E-state index in [4.69, 9.17) is 9.47 Å². The first-order chi connectivity index (χ1) is 12.1. The molecule has 0 fully saturated rings. The summed E-state index contributed by atoms with van der Waals surface area (Å²) in [4.78, 5) is 12.6. The van der Waals surface area contributed by atoms with E-state index >= 15 is 0 Å². The quantitative estimate of drug-likeness (QED) is 0.768. The molecule has 0 aromatic heterocycles. The zero-order chi connectivity index (χ0) is 19.1. The van der Waals surface area contributed by atoms with Crippen molar-refractivity contribution >= 4 is 21.4 Å². The van der Waals surface area contributed by atoms with Crippen LogP contribution in [0.25, 0.3) is 5.57 Å². The van der Waals surface area contributed by atoms with E-state index in [0.29, 0.717) is 16.9 Å². The van der Waals surface area contributed by atoms with Gasteiger partial charge in [-0.3, -0.25) is 0 Å². The third-order valence-corrected chi connectivity index (χ3v) is 5.37. The van der Waals surface area contributed by atoms with E-state index in [-0.39, 0.29) is 10.7 Å². The van der Waals surface area contributed by atoms with Crippen molar-refractivity contribution < 1.29 is 22.7 Å². The Bertz CT molecular complexity index is 999. The lowest BCUT2D eigenvalue weighted by Gasteiger charge is -2.21. The zero-order valence-corrected chi connectivity index (χ0v) is 15.9. The Morgan fingerprint density at radius 1 is 1.00 bits per heavy atom. The molecule has 0 bridgehead atoms. The Morgan fingerprint density at radius 2 is 1.62 bits per heavy atom. The Hall–Kier alpha value is -2.60. The van der Waals surface area contributed by atoms with Gasteiger partial charge >= 0.3 is 5.97 Å². The summed E-state index contributed by atoms with van der Waals surface area (Å²) in [6.45, 7) is 5.44. The van der Waals surface area contributed by atoms with Crippen molar-refractivity contribution in [2.24, 2.45) is 0 Å². The molecule has 26 heavy (non-hydrogen) atoms. The van der Waals surface area contributed by atoms with Crippen LogP contribution < -0.4 is 4.74 Å². The van der Waals surface area contributed by atoms with Crippen molar-refractivity contribution in [1.29, 1.82) is 0 Å². The number of benzene rings is 2. The van der Waals surface area contributed by atoms with Gasteiger partial charge in [-0.2, -0.15) is 0 Å². The number of carbonyl (C=O) groups excluding carboxylic acids is 1. The normalized spacial score (nSPS) is 16.5. The van der Waals surface area contributed by atoms with E-state index in [9.17, 15) is 13.2 Å². The maximum atomic E-state index is 12.4. The number of cyclic esters (lactones) is 1. The van der Waals surface area contributed by atoms with E-state index in [0.717, 1.165) is 11.8 Å². The minimum absolute atomic E-state index is 0.122. The molecule has 0 amide bonds. The molecule has 0 spiro atoms. The Kier molecular flexibility index (Phi) is 4.40. The van der Waals surface area contributed by atoms with Gasteiger partial charge in [-0.15, -0.1) is 0 Å². The lowest BCUT2D eigenvalue weighted by atomic mass is 9.92. The number of ether oxygens (including phenoxy) is 2. The van der Waals surface area contributed by atoms with Gasteiger partial charge in [-0.05, 0) is 50.1 Å². The molecule has 0 saturated carbocycles. The first kappa shape index (κ1) is 18.2. The van der Waals surface area contributed by atoms with E-state index in [1.54, 1.807) is 32.0 Å². The molecule has 0 radical (unpaired) electrons. The third kappa shape index (κ3) is 3.37. The second-order valence-corrected chi connectivity index (χ2v) is 8.78. The van der Waals surface area contributed by atoms with Gasteiger partial charge < -0.3 is 9.47 Å². The van der Waals surface area contributed by atoms with E-state index in [2.05, 4.69) is 0 Å². The zero-order valence-electron chi connectivity index (χ0n) is 15.1. The van der Waals surface area contributed by atoms with Crippen molar-refractivity contribution in [2.45, 2.75) is 31.3 Å². The molecule has 2 aromatic carbocycles. The molecule has 0 unspecified atom stereocenters. The molecule has 3 rings (SSSR count). The minimum Gasteiger partial charge on any atom is -0.449 e. The fraction of sp³-hybridized carbons (Fsp3) is 0.250. The Balaban J connectivity index is 2.11. The first-order valence-electron chi connectivity index (χ1n) is 8.12. The number of carbonyl (C=O) groups is 1. The predicted molar refractivity (Wildman–Crippen MR) is 98.4 cm³/mol. The highest BCUT2D eigenvalue weighted by Gasteiger charge is 2.43. The van der Waals surface area contributed by atoms with Crippen LogP contribution in [0.5, 0.6) is 5.75 Å². The number of rotatable bonds is 4. The van der Waals surface area contributed by atoms with Crippen LogP contribution in [0.2, 0.25) is 0 Å². The Labute approximate surface area is 153 Å². The van der Waals surface area contributed by atoms with Gasteiger partial charge in [0.2, 0.25) is 5.76 Å². The summed E-state index contributed by atoms with van der Waals surface area (Å²) in [6, 6.07) is 13.7. The second kappa shape index (κ2) is 6.29. The van der Waals surface area contributed by atoms with Crippen LogP contribution in [0, 0.1) is 6.92 Å². The molecular weight excluding hydrogens is 352 g/mol. The van der Waals surface area contributed by atoms with Crippen LogP contribution in [0.1, 0.15) is 25.0 Å². The molecule has 6 heteroatoms. The fourth-order valence-corrected chi connectivity index (χ4v) is 3.56. The molecule has 0 saturated heterocycles. The lowest BCUT2D eigenvalue weighted by molar-refractivity contribution is -0.145. The number of hydrogen-bond donors (Lipinski definition) is 0. The van der Waals surface area contributed by atoms with Crippen LogP contribution in [-0.2, 0) is 19.4 Å². The van der Waals surface area contributed by atoms with Crippen molar-refractivity contribution in [2.75, 3.05) is 6.26 Å². The highest BCUT2D eigenvalue weighted by atomic mass is 32.2. The molecule has 0 aliphatic carbocycles. The number of aryl methyl sites for hydroxylation is 1. The van der Waals surface area contributed by atoms with Gasteiger partial charge in [0.1, 0.15) is 11.4 Å². The van der Waals surface area contributed by atoms with Gasteiger partial charge in [0.25, 0.3) is 0 Å². The number of hydrogen-bond acceptors (Lipinski definition) is 5. The molecule has 1 aliphatic rings. The summed E-state index contributed by atoms with van der Waals surface area (Å²) in [6.07, 6.45) is 1.15. The second-order valence-electron chi connectivity index (χ2n) is 6.77. The first-order valence-corrected chi connectivity index (χ1v) is 10.0. The van der Waals surface area contributed by atoms with Crippen LogP contribution >= 0.6 is 0 Å². The summed E-state index contributed by atoms with van der Waals surface area (Å²) in [5, 5.41) is 0. The Morgan fingerprint density at radius 3 is 2.19 bits per heavy atom. The van der Waals surface area contributed by atoms with Crippen LogP contribution in [-0.4, -0.2) is 26.2 Å². The number of esters is 1. The number of para-hydroxylation sites is 1. The van der Waals surface area contributed by atoms with Gasteiger partial charge in [0.05, 0.1) is 10.5 Å². The molecule has 136 valence electrons. The monoisotopic (exact) mass is 372 g/mol. The smallest absolute Gasteiger partial charge is 0.375 e. The van der Waals surface area contributed by atoms with Crippen molar-refractivity contribution in [3.8, 4) is 5.75 Å². The number of sulfone groups is 1. The SMILES string of the molecule is Cc1ccccc1OC1=C(c2ccc(S(C)(=O)=O)cc2)C(C)(C)OC1=O. The molecule has 0 N–H and O–H groups in total. The molecule has 0 atom stereocenters. The molecular formula is C20H20O5S. The predicted octanol–water partition coefficient (Wildman–Crippen LogP) is 3.52. The highest BCUT2D eigenvalue weighted by Crippen LogP contribution is 2.40. The third-order valence-electron chi connectivity index (χ3n) is 4.24. The molecule has 2 aromatic rings. The standard InChI is InChI=1S/C20H20O5S/c1-13-7-5-6-8-16(13)24-18-17(20(2,3)25-19(18)21)14-9-11-15(12-10-14)26(4,22)23/h5-12H,1-4H3. The van der Waals surface area contributed by atoms with Crippen LogP contribution in [0.15, 0.2) is 59.2 Å². The summed E-state index contributed by atoms with van der Waals surface area (Å²) >= 11 is 0. The largest absolute Gasteiger partial charge is 0.449 e. The average Bonchev–Trinajstić information content (AvgIpc) is 2.77. The fourth-order valence-electron chi connectivity index (χ4n) is 2.93. The van der Waals surface area contributed by atoms with E-state index in [1.165, 1.54) is 12.1 Å². The topological polar surface area (TPSA) is 69.7 Å². The molecule has 1 heterocycles. The van der Waals surface area contributed by atoms with Crippen molar-refractivity contribution in [3.05, 3.63) is 65.4 Å². The molecule has 5 nitrogen and oxygen atoms in total. The average molecular weight is 372 g/mol. The van der Waals surface area contributed by atoms with Crippen molar-refractivity contribution in [3.63, 3.8) is 0 Å². The minimum atomic E-state index is -3.30. The van der Waals surface area contributed by atoms with Crippen LogP contribution in [0.4, 0.5) is 0 Å². The molecule has 1 aliphatic heterocycles. The van der Waals surface area contributed by atoms with E-state index in [1.807, 2.05) is 25.1 Å².